The Kier molecular flexibility index (Phi) is 4.40. The fourth-order valence-corrected chi connectivity index (χ4v) is 1.76. The molecule has 0 heterocycles. The van der Waals surface area contributed by atoms with Gasteiger partial charge in [-0.2, -0.15) is 0 Å². The number of carbonyl (C=O) groups is 1. The molecule has 0 fully saturated rings. The van der Waals surface area contributed by atoms with Crippen LogP contribution in [0.5, 0.6) is 5.75 Å². The van der Waals surface area contributed by atoms with E-state index in [9.17, 15) is 9.18 Å². The molecule has 0 atom stereocenters. The Hall–Kier alpha value is -1.58. The van der Waals surface area contributed by atoms with Crippen LogP contribution in [0.3, 0.4) is 0 Å². The zero-order chi connectivity index (χ0) is 13.8. The number of ether oxygens (including phenoxy) is 1. The lowest BCUT2D eigenvalue weighted by atomic mass is 10.1. The number of para-hydroxylation sites is 1. The highest BCUT2D eigenvalue weighted by Crippen LogP contribution is 2.23. The third-order valence-electron chi connectivity index (χ3n) is 2.44. The van der Waals surface area contributed by atoms with Crippen molar-refractivity contribution in [2.75, 3.05) is 6.61 Å². The Morgan fingerprint density at radius 3 is 2.53 bits per heavy atom. The van der Waals surface area contributed by atoms with E-state index in [2.05, 4.69) is 0 Å². The molecule has 0 unspecified atom stereocenters. The Labute approximate surface area is 119 Å². The first-order valence-electron chi connectivity index (χ1n) is 5.43. The summed E-state index contributed by atoms with van der Waals surface area (Å²) in [5, 5.41) is 0.659. The van der Waals surface area contributed by atoms with Gasteiger partial charge in [0.1, 0.15) is 0 Å². The van der Waals surface area contributed by atoms with Crippen LogP contribution >= 0.6 is 23.2 Å². The van der Waals surface area contributed by atoms with Gasteiger partial charge in [0.2, 0.25) is 0 Å². The fraction of sp³-hybridized carbons (Fsp3) is 0.0714. The van der Waals surface area contributed by atoms with Crippen LogP contribution in [0.15, 0.2) is 42.5 Å². The molecule has 0 radical (unpaired) electrons. The van der Waals surface area contributed by atoms with E-state index in [4.69, 9.17) is 27.9 Å². The smallest absolute Gasteiger partial charge is 0.200 e. The number of halogens is 3. The maximum atomic E-state index is 13.3. The predicted octanol–water partition coefficient (Wildman–Crippen LogP) is 4.39. The Bertz CT molecular complexity index is 614. The summed E-state index contributed by atoms with van der Waals surface area (Å²) in [7, 11) is 0. The topological polar surface area (TPSA) is 26.3 Å². The molecule has 0 amide bonds. The van der Waals surface area contributed by atoms with E-state index in [1.807, 2.05) is 0 Å². The van der Waals surface area contributed by atoms with E-state index in [-0.39, 0.29) is 18.1 Å². The molecule has 2 aromatic carbocycles. The summed E-state index contributed by atoms with van der Waals surface area (Å²) in [4.78, 5) is 11.8. The second kappa shape index (κ2) is 6.04. The number of ketones is 1. The first-order valence-corrected chi connectivity index (χ1v) is 6.19. The van der Waals surface area contributed by atoms with Crippen LogP contribution in [-0.2, 0) is 0 Å². The van der Waals surface area contributed by atoms with E-state index >= 15 is 0 Å². The minimum atomic E-state index is -0.510. The van der Waals surface area contributed by atoms with Crippen LogP contribution in [0.4, 0.5) is 4.39 Å². The fourth-order valence-electron chi connectivity index (χ4n) is 1.46. The standard InChI is InChI=1S/C14H9Cl2FO2/c15-10-6-5-9(7-11(10)16)13(18)8-19-14-4-2-1-3-12(14)17/h1-7H,8H2. The van der Waals surface area contributed by atoms with Crippen molar-refractivity contribution in [3.63, 3.8) is 0 Å². The third-order valence-corrected chi connectivity index (χ3v) is 3.18. The van der Waals surface area contributed by atoms with E-state index in [1.165, 1.54) is 24.3 Å². The lowest BCUT2D eigenvalue weighted by molar-refractivity contribution is 0.0919. The van der Waals surface area contributed by atoms with Gasteiger partial charge >= 0.3 is 0 Å². The molecular formula is C14H9Cl2FO2. The largest absolute Gasteiger partial charge is 0.482 e. The lowest BCUT2D eigenvalue weighted by Crippen LogP contribution is -2.12. The number of hydrogen-bond acceptors (Lipinski definition) is 2. The van der Waals surface area contributed by atoms with Gasteiger partial charge in [-0.1, -0.05) is 35.3 Å². The van der Waals surface area contributed by atoms with Crippen molar-refractivity contribution in [3.05, 3.63) is 63.9 Å². The van der Waals surface area contributed by atoms with Crippen molar-refractivity contribution in [1.29, 1.82) is 0 Å². The van der Waals surface area contributed by atoms with Gasteiger partial charge in [0.05, 0.1) is 10.0 Å². The molecular weight excluding hydrogens is 290 g/mol. The summed E-state index contributed by atoms with van der Waals surface area (Å²) >= 11 is 11.6. The number of Topliss-reactive ketones (excluding diaryl/α,β-unsaturated/α-hetero) is 1. The van der Waals surface area contributed by atoms with Gasteiger partial charge in [-0.05, 0) is 30.3 Å². The second-order valence-corrected chi connectivity index (χ2v) is 4.59. The molecule has 0 N–H and O–H groups in total. The minimum Gasteiger partial charge on any atom is -0.482 e. The van der Waals surface area contributed by atoms with Gasteiger partial charge in [0, 0.05) is 5.56 Å². The first kappa shape index (κ1) is 13.8. The molecule has 0 spiro atoms. The SMILES string of the molecule is O=C(COc1ccccc1F)c1ccc(Cl)c(Cl)c1. The van der Waals surface area contributed by atoms with E-state index in [1.54, 1.807) is 18.2 Å². The van der Waals surface area contributed by atoms with Crippen molar-refractivity contribution in [2.45, 2.75) is 0 Å². The molecule has 0 aliphatic rings. The molecule has 2 nitrogen and oxygen atoms in total. The Morgan fingerprint density at radius 2 is 1.84 bits per heavy atom. The molecule has 2 rings (SSSR count). The van der Waals surface area contributed by atoms with E-state index in [0.717, 1.165) is 0 Å². The molecule has 98 valence electrons. The van der Waals surface area contributed by atoms with Crippen LogP contribution in [-0.4, -0.2) is 12.4 Å². The van der Waals surface area contributed by atoms with E-state index in [0.29, 0.717) is 15.6 Å². The highest BCUT2D eigenvalue weighted by Gasteiger charge is 2.10. The molecule has 5 heteroatoms. The summed E-state index contributed by atoms with van der Waals surface area (Å²) in [5.74, 6) is -0.776. The molecule has 0 saturated heterocycles. The molecule has 19 heavy (non-hydrogen) atoms. The first-order chi connectivity index (χ1) is 9.08. The summed E-state index contributed by atoms with van der Waals surface area (Å²) < 4.78 is 18.4. The lowest BCUT2D eigenvalue weighted by Gasteiger charge is -2.06. The van der Waals surface area contributed by atoms with Crippen LogP contribution in [0.2, 0.25) is 10.0 Å². The quantitative estimate of drug-likeness (QED) is 0.782. The monoisotopic (exact) mass is 298 g/mol. The van der Waals surface area contributed by atoms with E-state index < -0.39 is 5.82 Å². The zero-order valence-electron chi connectivity index (χ0n) is 9.70. The summed E-state index contributed by atoms with van der Waals surface area (Å²) in [6, 6.07) is 10.4. The molecule has 0 aromatic heterocycles. The van der Waals surface area contributed by atoms with Gasteiger partial charge in [-0.15, -0.1) is 0 Å². The Morgan fingerprint density at radius 1 is 1.11 bits per heavy atom. The predicted molar refractivity (Wildman–Crippen MR) is 72.7 cm³/mol. The number of rotatable bonds is 4. The highest BCUT2D eigenvalue weighted by molar-refractivity contribution is 6.42. The molecule has 0 saturated carbocycles. The van der Waals surface area contributed by atoms with Crippen molar-refractivity contribution in [3.8, 4) is 5.75 Å². The summed E-state index contributed by atoms with van der Waals surface area (Å²) in [5.41, 5.74) is 0.366. The van der Waals surface area contributed by atoms with Crippen molar-refractivity contribution in [2.24, 2.45) is 0 Å². The van der Waals surface area contributed by atoms with Crippen molar-refractivity contribution >= 4 is 29.0 Å². The minimum absolute atomic E-state index is 0.0379. The van der Waals surface area contributed by atoms with Crippen molar-refractivity contribution in [1.82, 2.24) is 0 Å². The number of carbonyl (C=O) groups excluding carboxylic acids is 1. The molecule has 2 aromatic rings. The summed E-state index contributed by atoms with van der Waals surface area (Å²) in [6.07, 6.45) is 0. The van der Waals surface area contributed by atoms with Crippen LogP contribution in [0, 0.1) is 5.82 Å². The van der Waals surface area contributed by atoms with Crippen molar-refractivity contribution < 1.29 is 13.9 Å². The van der Waals surface area contributed by atoms with Gasteiger partial charge in [-0.3, -0.25) is 4.79 Å². The van der Waals surface area contributed by atoms with Crippen LogP contribution < -0.4 is 4.74 Å². The highest BCUT2D eigenvalue weighted by atomic mass is 35.5. The van der Waals surface area contributed by atoms with Gasteiger partial charge in [0.15, 0.2) is 24.0 Å². The Balaban J connectivity index is 2.05. The molecule has 0 bridgehead atoms. The van der Waals surface area contributed by atoms with Gasteiger partial charge in [-0.25, -0.2) is 4.39 Å². The maximum Gasteiger partial charge on any atom is 0.200 e. The summed E-state index contributed by atoms with van der Waals surface area (Å²) in [6.45, 7) is -0.265. The van der Waals surface area contributed by atoms with Gasteiger partial charge in [0.25, 0.3) is 0 Å². The average Bonchev–Trinajstić information content (AvgIpc) is 2.40. The maximum absolute atomic E-state index is 13.3. The van der Waals surface area contributed by atoms with Gasteiger partial charge < -0.3 is 4.74 Å². The average molecular weight is 299 g/mol. The molecule has 0 aliphatic heterocycles. The molecule has 0 aliphatic carbocycles. The normalized spacial score (nSPS) is 10.3. The third kappa shape index (κ3) is 3.46. The zero-order valence-corrected chi connectivity index (χ0v) is 11.2. The number of benzene rings is 2. The number of hydrogen-bond donors (Lipinski definition) is 0. The second-order valence-electron chi connectivity index (χ2n) is 3.77. The van der Waals surface area contributed by atoms with Crippen LogP contribution in [0.25, 0.3) is 0 Å². The van der Waals surface area contributed by atoms with Crippen LogP contribution in [0.1, 0.15) is 10.4 Å².